The largest absolute Gasteiger partial charge is 0.550 e. The van der Waals surface area contributed by atoms with Gasteiger partial charge in [-0.25, -0.2) is 0 Å². The molecule has 0 bridgehead atoms. The molecule has 3 rings (SSSR count). The molecule has 7 heteroatoms. The number of carbonyl (C=O) groups excluding carboxylic acids is 2. The van der Waals surface area contributed by atoms with Crippen molar-refractivity contribution in [3.8, 4) is 17.0 Å². The van der Waals surface area contributed by atoms with E-state index in [-0.39, 0.29) is 12.8 Å². The van der Waals surface area contributed by atoms with E-state index in [0.29, 0.717) is 27.7 Å². The third kappa shape index (κ3) is 4.35. The van der Waals surface area contributed by atoms with E-state index in [0.717, 1.165) is 5.56 Å². The van der Waals surface area contributed by atoms with Gasteiger partial charge in [-0.1, -0.05) is 23.7 Å². The van der Waals surface area contributed by atoms with Crippen molar-refractivity contribution < 1.29 is 19.4 Å². The molecule has 0 radical (unpaired) electrons. The molecule has 0 spiro atoms. The van der Waals surface area contributed by atoms with Gasteiger partial charge in [0.25, 0.3) is 5.91 Å². The first kappa shape index (κ1) is 19.5. The van der Waals surface area contributed by atoms with E-state index >= 15 is 0 Å². The lowest BCUT2D eigenvalue weighted by Crippen LogP contribution is -2.27. The molecular formula is C21H18ClN2O4-. The summed E-state index contributed by atoms with van der Waals surface area (Å²) in [4.78, 5) is 23.6. The molecule has 0 aliphatic carbocycles. The van der Waals surface area contributed by atoms with E-state index in [2.05, 4.69) is 5.43 Å². The number of rotatable bonds is 7. The van der Waals surface area contributed by atoms with Gasteiger partial charge in [-0.2, -0.15) is 0 Å². The monoisotopic (exact) mass is 397 g/mol. The second-order valence-electron chi connectivity index (χ2n) is 6.07. The van der Waals surface area contributed by atoms with Crippen molar-refractivity contribution in [3.63, 3.8) is 0 Å². The maximum absolute atomic E-state index is 12.7. The number of carbonyl (C=O) groups is 2. The Morgan fingerprint density at radius 2 is 1.79 bits per heavy atom. The van der Waals surface area contributed by atoms with Crippen molar-refractivity contribution in [2.45, 2.75) is 12.8 Å². The van der Waals surface area contributed by atoms with Gasteiger partial charge in [0.05, 0.1) is 23.4 Å². The lowest BCUT2D eigenvalue weighted by Gasteiger charge is -2.16. The normalized spacial score (nSPS) is 10.5. The number of aliphatic carboxylic acids is 1. The molecule has 0 aliphatic heterocycles. The molecule has 144 valence electrons. The summed E-state index contributed by atoms with van der Waals surface area (Å²) in [6.07, 6.45) is 0.0509. The number of aromatic nitrogens is 1. The number of amides is 1. The van der Waals surface area contributed by atoms with Gasteiger partial charge in [-0.15, -0.1) is 0 Å². The van der Waals surface area contributed by atoms with Crippen LogP contribution in [-0.2, 0) is 11.2 Å². The van der Waals surface area contributed by atoms with E-state index in [1.807, 2.05) is 30.3 Å². The van der Waals surface area contributed by atoms with Gasteiger partial charge in [0.15, 0.2) is 0 Å². The van der Waals surface area contributed by atoms with E-state index in [1.165, 1.54) is 0 Å². The van der Waals surface area contributed by atoms with Gasteiger partial charge in [0.2, 0.25) is 0 Å². The first-order valence-corrected chi connectivity index (χ1v) is 8.98. The fraction of sp³-hybridized carbons (Fsp3) is 0.143. The van der Waals surface area contributed by atoms with Crippen LogP contribution in [0.1, 0.15) is 22.5 Å². The minimum Gasteiger partial charge on any atom is -0.550 e. The summed E-state index contributed by atoms with van der Waals surface area (Å²) < 4.78 is 6.76. The Bertz CT molecular complexity index is 996. The Hall–Kier alpha value is -3.25. The second kappa shape index (κ2) is 8.63. The number of benzene rings is 2. The fourth-order valence-corrected chi connectivity index (χ4v) is 3.05. The summed E-state index contributed by atoms with van der Waals surface area (Å²) >= 11 is 6.12. The first-order valence-electron chi connectivity index (χ1n) is 8.60. The van der Waals surface area contributed by atoms with Crippen LogP contribution in [0.2, 0.25) is 5.02 Å². The predicted molar refractivity (Wildman–Crippen MR) is 105 cm³/mol. The third-order valence-corrected chi connectivity index (χ3v) is 4.59. The molecule has 0 fully saturated rings. The van der Waals surface area contributed by atoms with Crippen molar-refractivity contribution in [2.75, 3.05) is 12.5 Å². The fourth-order valence-electron chi connectivity index (χ4n) is 2.83. The summed E-state index contributed by atoms with van der Waals surface area (Å²) in [6, 6.07) is 17.6. The Morgan fingerprint density at radius 3 is 2.43 bits per heavy atom. The highest BCUT2D eigenvalue weighted by molar-refractivity contribution is 6.34. The third-order valence-electron chi connectivity index (χ3n) is 4.26. The van der Waals surface area contributed by atoms with Gasteiger partial charge in [0, 0.05) is 17.2 Å². The molecule has 1 heterocycles. The number of aryl methyl sites for hydroxylation is 1. The number of carboxylic acids is 1. The van der Waals surface area contributed by atoms with Crippen molar-refractivity contribution in [3.05, 3.63) is 76.9 Å². The van der Waals surface area contributed by atoms with Crippen LogP contribution < -0.4 is 15.3 Å². The molecule has 0 unspecified atom stereocenters. The quantitative estimate of drug-likeness (QED) is 0.664. The lowest BCUT2D eigenvalue weighted by atomic mass is 10.1. The Balaban J connectivity index is 1.97. The number of nitrogens with zero attached hydrogens (tertiary/aromatic N) is 1. The zero-order valence-corrected chi connectivity index (χ0v) is 15.9. The van der Waals surface area contributed by atoms with Gasteiger partial charge in [-0.05, 0) is 61.4 Å². The summed E-state index contributed by atoms with van der Waals surface area (Å²) in [5.74, 6) is -0.846. The van der Waals surface area contributed by atoms with E-state index in [9.17, 15) is 14.7 Å². The molecule has 1 aromatic heterocycles. The van der Waals surface area contributed by atoms with Gasteiger partial charge in [0.1, 0.15) is 5.75 Å². The smallest absolute Gasteiger partial charge is 0.271 e. The molecule has 3 aromatic rings. The molecular weight excluding hydrogens is 380 g/mol. The topological polar surface area (TPSA) is 83.4 Å². The summed E-state index contributed by atoms with van der Waals surface area (Å²) in [5.41, 5.74) is 5.31. The molecule has 1 N–H and O–H groups in total. The second-order valence-corrected chi connectivity index (χ2v) is 6.47. The Morgan fingerprint density at radius 1 is 1.07 bits per heavy atom. The minimum absolute atomic E-state index is 0.159. The zero-order valence-electron chi connectivity index (χ0n) is 15.1. The standard InChI is InChI=1S/C21H19ClN2O4/c1-28-16-10-6-14(7-11-16)19-12-8-15(9-13-20(25)26)24(19)23-21(27)17-4-2-3-5-18(17)22/h2-8,10-12H,9,13H2,1H3,(H,23,27)(H,25,26)/p-1. The van der Waals surface area contributed by atoms with Crippen LogP contribution in [0.25, 0.3) is 11.3 Å². The van der Waals surface area contributed by atoms with Crippen LogP contribution in [0.4, 0.5) is 0 Å². The highest BCUT2D eigenvalue weighted by atomic mass is 35.5. The average molecular weight is 398 g/mol. The van der Waals surface area contributed by atoms with Crippen LogP contribution in [0, 0.1) is 0 Å². The number of hydrogen-bond acceptors (Lipinski definition) is 4. The van der Waals surface area contributed by atoms with E-state index in [1.54, 1.807) is 42.1 Å². The van der Waals surface area contributed by atoms with Crippen molar-refractivity contribution in [2.24, 2.45) is 0 Å². The highest BCUT2D eigenvalue weighted by Crippen LogP contribution is 2.25. The molecule has 1 amide bonds. The number of halogens is 1. The number of nitrogens with one attached hydrogen (secondary N) is 1. The summed E-state index contributed by atoms with van der Waals surface area (Å²) in [6.45, 7) is 0. The van der Waals surface area contributed by atoms with Gasteiger partial charge in [-0.3, -0.25) is 14.9 Å². The zero-order chi connectivity index (χ0) is 20.1. The number of hydrogen-bond donors (Lipinski definition) is 1. The summed E-state index contributed by atoms with van der Waals surface area (Å²) in [5, 5.41) is 11.2. The molecule has 2 aromatic carbocycles. The van der Waals surface area contributed by atoms with E-state index in [4.69, 9.17) is 16.3 Å². The van der Waals surface area contributed by atoms with Crippen LogP contribution >= 0.6 is 11.6 Å². The van der Waals surface area contributed by atoms with E-state index < -0.39 is 11.9 Å². The number of methoxy groups -OCH3 is 1. The van der Waals surface area contributed by atoms with Crippen LogP contribution in [0.5, 0.6) is 5.75 Å². The first-order chi connectivity index (χ1) is 13.5. The maximum Gasteiger partial charge on any atom is 0.271 e. The SMILES string of the molecule is COc1ccc(-c2ccc(CCC(=O)[O-])n2NC(=O)c2ccccc2Cl)cc1. The average Bonchev–Trinajstić information content (AvgIpc) is 3.09. The molecule has 6 nitrogen and oxygen atoms in total. The molecule has 0 atom stereocenters. The molecule has 28 heavy (non-hydrogen) atoms. The lowest BCUT2D eigenvalue weighted by molar-refractivity contribution is -0.305. The van der Waals surface area contributed by atoms with Crippen molar-refractivity contribution in [1.82, 2.24) is 4.68 Å². The van der Waals surface area contributed by atoms with Crippen molar-refractivity contribution >= 4 is 23.5 Å². The number of carboxylic acid groups (broad SMARTS) is 1. The van der Waals surface area contributed by atoms with Gasteiger partial charge < -0.3 is 14.6 Å². The van der Waals surface area contributed by atoms with Crippen LogP contribution in [0.3, 0.4) is 0 Å². The Kier molecular flexibility index (Phi) is 6.01. The Labute approximate surface area is 167 Å². The van der Waals surface area contributed by atoms with Crippen molar-refractivity contribution in [1.29, 1.82) is 0 Å². The molecule has 0 aliphatic rings. The minimum atomic E-state index is -1.16. The molecule has 0 saturated carbocycles. The van der Waals surface area contributed by atoms with Crippen LogP contribution in [-0.4, -0.2) is 23.7 Å². The molecule has 0 saturated heterocycles. The number of ether oxygens (including phenoxy) is 1. The highest BCUT2D eigenvalue weighted by Gasteiger charge is 2.15. The maximum atomic E-state index is 12.7. The predicted octanol–water partition coefficient (Wildman–Crippen LogP) is 2.88. The summed E-state index contributed by atoms with van der Waals surface area (Å²) in [7, 11) is 1.58. The van der Waals surface area contributed by atoms with Gasteiger partial charge >= 0.3 is 0 Å². The van der Waals surface area contributed by atoms with Crippen LogP contribution in [0.15, 0.2) is 60.7 Å².